The van der Waals surface area contributed by atoms with E-state index in [1.807, 2.05) is 19.9 Å². The van der Waals surface area contributed by atoms with E-state index in [1.54, 1.807) is 7.05 Å². The first kappa shape index (κ1) is 13.3. The van der Waals surface area contributed by atoms with Crippen LogP contribution in [0, 0.1) is 6.92 Å². The number of oxime groups is 1. The predicted octanol–water partition coefficient (Wildman–Crippen LogP) is 2.06. The normalized spacial score (nSPS) is 17.7. The number of nitrogens with zero attached hydrogens (tertiary/aromatic N) is 2. The van der Waals surface area contributed by atoms with Crippen molar-refractivity contribution in [1.29, 1.82) is 0 Å². The monoisotopic (exact) mass is 263 g/mol. The van der Waals surface area contributed by atoms with Crippen molar-refractivity contribution in [3.63, 3.8) is 0 Å². The van der Waals surface area contributed by atoms with Gasteiger partial charge in [0.15, 0.2) is 11.8 Å². The molecule has 0 bridgehead atoms. The van der Waals surface area contributed by atoms with Gasteiger partial charge in [0.1, 0.15) is 0 Å². The third-order valence-electron chi connectivity index (χ3n) is 3.09. The second-order valence-corrected chi connectivity index (χ2v) is 4.43. The highest BCUT2D eigenvalue weighted by molar-refractivity contribution is 5.90. The molecule has 0 saturated carbocycles. The van der Waals surface area contributed by atoms with E-state index < -0.39 is 5.97 Å². The fourth-order valence-corrected chi connectivity index (χ4v) is 2.00. The maximum Gasteiger partial charge on any atom is 0.357 e. The van der Waals surface area contributed by atoms with Crippen LogP contribution in [0.5, 0.6) is 0 Å². The van der Waals surface area contributed by atoms with Crippen molar-refractivity contribution in [2.24, 2.45) is 5.16 Å². The van der Waals surface area contributed by atoms with Gasteiger partial charge in [-0.1, -0.05) is 5.16 Å². The van der Waals surface area contributed by atoms with E-state index in [2.05, 4.69) is 15.5 Å². The van der Waals surface area contributed by atoms with Crippen LogP contribution in [0.2, 0.25) is 0 Å². The van der Waals surface area contributed by atoms with Crippen LogP contribution in [0.4, 0.5) is 5.69 Å². The van der Waals surface area contributed by atoms with Crippen LogP contribution >= 0.6 is 0 Å². The van der Waals surface area contributed by atoms with Crippen LogP contribution in [0.15, 0.2) is 11.2 Å². The van der Waals surface area contributed by atoms with Gasteiger partial charge in [-0.15, -0.1) is 0 Å². The summed E-state index contributed by atoms with van der Waals surface area (Å²) in [5.41, 5.74) is 3.48. The lowest BCUT2D eigenvalue weighted by Gasteiger charge is -2.14. The molecule has 1 aromatic rings. The quantitative estimate of drug-likeness (QED) is 0.845. The minimum absolute atomic E-state index is 0.240. The van der Waals surface area contributed by atoms with E-state index >= 15 is 0 Å². The summed E-state index contributed by atoms with van der Waals surface area (Å²) in [4.78, 5) is 21.4. The summed E-state index contributed by atoms with van der Waals surface area (Å²) in [6.45, 7) is 3.72. The molecular weight excluding hydrogens is 246 g/mol. The highest BCUT2D eigenvalue weighted by Crippen LogP contribution is 2.29. The average molecular weight is 263 g/mol. The van der Waals surface area contributed by atoms with Crippen molar-refractivity contribution >= 4 is 17.4 Å². The van der Waals surface area contributed by atoms with E-state index in [0.29, 0.717) is 17.8 Å². The largest absolute Gasteiger partial charge is 0.464 e. The molecule has 0 saturated heterocycles. The maximum absolute atomic E-state index is 11.8. The summed E-state index contributed by atoms with van der Waals surface area (Å²) in [5.74, 6) is -0.452. The van der Waals surface area contributed by atoms with Gasteiger partial charge in [-0.25, -0.2) is 9.78 Å². The summed E-state index contributed by atoms with van der Waals surface area (Å²) in [6.07, 6.45) is 0.441. The van der Waals surface area contributed by atoms with E-state index in [1.165, 1.54) is 7.11 Å². The molecule has 6 nitrogen and oxygen atoms in total. The minimum atomic E-state index is -0.452. The van der Waals surface area contributed by atoms with E-state index in [-0.39, 0.29) is 6.10 Å². The molecule has 1 aliphatic rings. The predicted molar refractivity (Wildman–Crippen MR) is 71.4 cm³/mol. The Balaban J connectivity index is 2.42. The average Bonchev–Trinajstić information content (AvgIpc) is 2.84. The van der Waals surface area contributed by atoms with Gasteiger partial charge in [-0.2, -0.15) is 0 Å². The fourth-order valence-electron chi connectivity index (χ4n) is 2.00. The zero-order valence-electron chi connectivity index (χ0n) is 11.5. The molecule has 6 heteroatoms. The number of ether oxygens (including phenoxy) is 1. The van der Waals surface area contributed by atoms with Crippen LogP contribution < -0.4 is 5.32 Å². The Morgan fingerprint density at radius 3 is 2.79 bits per heavy atom. The summed E-state index contributed by atoms with van der Waals surface area (Å²) in [6, 6.07) is 1.88. The van der Waals surface area contributed by atoms with Gasteiger partial charge < -0.3 is 14.9 Å². The fraction of sp³-hybridized carbons (Fsp3) is 0.462. The van der Waals surface area contributed by atoms with Crippen LogP contribution in [0.25, 0.3) is 0 Å². The summed E-state index contributed by atoms with van der Waals surface area (Å²) < 4.78 is 4.76. The number of hydrogen-bond donors (Lipinski definition) is 1. The van der Waals surface area contributed by atoms with Gasteiger partial charge in [0.2, 0.25) is 0 Å². The lowest BCUT2D eigenvalue weighted by molar-refractivity contribution is 0.0588. The number of carbonyl (C=O) groups excluding carboxylic acids is 1. The number of aromatic nitrogens is 1. The number of methoxy groups -OCH3 is 1. The first-order valence-corrected chi connectivity index (χ1v) is 6.03. The molecule has 1 aromatic heterocycles. The molecule has 0 amide bonds. The van der Waals surface area contributed by atoms with Crippen LogP contribution in [-0.4, -0.2) is 30.8 Å². The minimum Gasteiger partial charge on any atom is -0.464 e. The Morgan fingerprint density at radius 2 is 2.26 bits per heavy atom. The van der Waals surface area contributed by atoms with E-state index in [0.717, 1.165) is 17.0 Å². The molecule has 1 unspecified atom stereocenters. The Bertz CT molecular complexity index is 540. The highest BCUT2D eigenvalue weighted by Gasteiger charge is 2.25. The number of esters is 1. The topological polar surface area (TPSA) is 72.8 Å². The summed E-state index contributed by atoms with van der Waals surface area (Å²) in [5, 5.41) is 6.96. The number of carbonyl (C=O) groups is 1. The summed E-state index contributed by atoms with van der Waals surface area (Å²) in [7, 11) is 3.14. The molecular formula is C13H17N3O3. The van der Waals surface area contributed by atoms with Gasteiger partial charge in [0.05, 0.1) is 18.5 Å². The molecule has 0 fully saturated rings. The lowest BCUT2D eigenvalue weighted by Crippen LogP contribution is -2.13. The Kier molecular flexibility index (Phi) is 3.69. The SMILES string of the molecule is CNc1cc(C2CC(C)=NO2)nc(C(=O)OC)c1C. The second-order valence-electron chi connectivity index (χ2n) is 4.43. The second kappa shape index (κ2) is 5.26. The molecule has 0 aliphatic carbocycles. The van der Waals surface area contributed by atoms with Gasteiger partial charge in [-0.3, -0.25) is 0 Å². The molecule has 1 atom stereocenters. The summed E-state index contributed by atoms with van der Waals surface area (Å²) >= 11 is 0. The van der Waals surface area contributed by atoms with E-state index in [4.69, 9.17) is 9.57 Å². The highest BCUT2D eigenvalue weighted by atomic mass is 16.6. The number of nitrogens with one attached hydrogen (secondary N) is 1. The zero-order chi connectivity index (χ0) is 14.0. The van der Waals surface area contributed by atoms with E-state index in [9.17, 15) is 4.79 Å². The molecule has 2 heterocycles. The van der Waals surface area contributed by atoms with Crippen LogP contribution in [-0.2, 0) is 9.57 Å². The van der Waals surface area contributed by atoms with Crippen molar-refractivity contribution in [3.8, 4) is 0 Å². The van der Waals surface area contributed by atoms with Gasteiger partial charge in [-0.05, 0) is 19.9 Å². The molecule has 1 N–H and O–H groups in total. The third-order valence-corrected chi connectivity index (χ3v) is 3.09. The lowest BCUT2D eigenvalue weighted by atomic mass is 10.1. The number of pyridine rings is 1. The molecule has 0 spiro atoms. The van der Waals surface area contributed by atoms with Crippen molar-refractivity contribution in [3.05, 3.63) is 23.0 Å². The van der Waals surface area contributed by atoms with Crippen LogP contribution in [0.3, 0.4) is 0 Å². The molecule has 0 radical (unpaired) electrons. The van der Waals surface area contributed by atoms with Gasteiger partial charge in [0, 0.05) is 24.7 Å². The van der Waals surface area contributed by atoms with Gasteiger partial charge >= 0.3 is 5.97 Å². The number of hydrogen-bond acceptors (Lipinski definition) is 6. The number of anilines is 1. The Labute approximate surface area is 111 Å². The first-order chi connectivity index (χ1) is 9.06. The van der Waals surface area contributed by atoms with Crippen molar-refractivity contribution in [1.82, 2.24) is 4.98 Å². The molecule has 2 rings (SSSR count). The maximum atomic E-state index is 11.8. The first-order valence-electron chi connectivity index (χ1n) is 6.03. The molecule has 0 aromatic carbocycles. The molecule has 19 heavy (non-hydrogen) atoms. The smallest absolute Gasteiger partial charge is 0.357 e. The standard InChI is InChI=1S/C13H17N3O3/c1-7-5-11(19-16-7)10-6-9(14-3)8(2)12(15-10)13(17)18-4/h6,11H,5H2,1-4H3,(H,14,15). The van der Waals surface area contributed by atoms with Crippen molar-refractivity contribution in [2.45, 2.75) is 26.4 Å². The third kappa shape index (κ3) is 2.52. The molecule has 1 aliphatic heterocycles. The van der Waals surface area contributed by atoms with Gasteiger partial charge in [0.25, 0.3) is 0 Å². The Hall–Kier alpha value is -2.11. The zero-order valence-corrected chi connectivity index (χ0v) is 11.5. The van der Waals surface area contributed by atoms with Crippen molar-refractivity contribution in [2.75, 3.05) is 19.5 Å². The number of rotatable bonds is 3. The Morgan fingerprint density at radius 1 is 1.53 bits per heavy atom. The van der Waals surface area contributed by atoms with Crippen molar-refractivity contribution < 1.29 is 14.4 Å². The van der Waals surface area contributed by atoms with Crippen LogP contribution in [0.1, 0.15) is 41.2 Å². The molecule has 102 valence electrons.